The van der Waals surface area contributed by atoms with Crippen LogP contribution in [0.15, 0.2) is 30.3 Å². The molecule has 1 heterocycles. The van der Waals surface area contributed by atoms with E-state index in [2.05, 4.69) is 19.2 Å². The maximum atomic E-state index is 12.8. The summed E-state index contributed by atoms with van der Waals surface area (Å²) >= 11 is 0. The zero-order valence-electron chi connectivity index (χ0n) is 16.7. The third kappa shape index (κ3) is 6.54. The molecular formula is C21H33N3O3. The Bertz CT molecular complexity index is 620. The van der Waals surface area contributed by atoms with E-state index < -0.39 is 5.54 Å². The summed E-state index contributed by atoms with van der Waals surface area (Å²) in [5.41, 5.74) is 5.50. The van der Waals surface area contributed by atoms with Crippen molar-refractivity contribution in [1.82, 2.24) is 10.2 Å². The molecule has 6 heteroatoms. The summed E-state index contributed by atoms with van der Waals surface area (Å²) < 4.78 is 5.55. The quantitative estimate of drug-likeness (QED) is 0.729. The molecule has 6 nitrogen and oxygen atoms in total. The molecule has 0 aromatic heterocycles. The van der Waals surface area contributed by atoms with E-state index >= 15 is 0 Å². The summed E-state index contributed by atoms with van der Waals surface area (Å²) in [5, 5.41) is 3.13. The fourth-order valence-corrected chi connectivity index (χ4v) is 3.66. The molecule has 1 fully saturated rings. The lowest BCUT2D eigenvalue weighted by molar-refractivity contribution is -0.137. The second kappa shape index (κ2) is 9.74. The number of piperidine rings is 1. The van der Waals surface area contributed by atoms with Crippen LogP contribution >= 0.6 is 0 Å². The molecule has 2 rings (SSSR count). The number of nitrogens with one attached hydrogen (secondary N) is 1. The average molecular weight is 376 g/mol. The largest absolute Gasteiger partial charge is 0.484 e. The number of benzene rings is 1. The molecule has 2 atom stereocenters. The highest BCUT2D eigenvalue weighted by Crippen LogP contribution is 2.21. The number of hydrogen-bond donors (Lipinski definition) is 2. The van der Waals surface area contributed by atoms with Gasteiger partial charge in [0, 0.05) is 25.2 Å². The standard InChI is InChI=1S/C21H33N3O3/c1-16(2)12-21(3,15-22)23-20(26)17-8-7-11-24(13-17)19(25)14-27-18-9-5-4-6-10-18/h4-6,9-10,16-17H,7-8,11-15,22H2,1-3H3,(H,23,26). The Morgan fingerprint density at radius 1 is 1.33 bits per heavy atom. The number of carbonyl (C=O) groups excluding carboxylic acids is 2. The van der Waals surface area contributed by atoms with Crippen LogP contribution in [0, 0.1) is 11.8 Å². The van der Waals surface area contributed by atoms with Crippen molar-refractivity contribution in [2.24, 2.45) is 17.6 Å². The highest BCUT2D eigenvalue weighted by molar-refractivity contribution is 5.82. The van der Waals surface area contributed by atoms with Crippen molar-refractivity contribution in [3.8, 4) is 5.75 Å². The predicted molar refractivity (Wildman–Crippen MR) is 106 cm³/mol. The van der Waals surface area contributed by atoms with Gasteiger partial charge in [0.05, 0.1) is 5.92 Å². The van der Waals surface area contributed by atoms with Crippen molar-refractivity contribution < 1.29 is 14.3 Å². The lowest BCUT2D eigenvalue weighted by Crippen LogP contribution is -2.56. The molecule has 0 radical (unpaired) electrons. The van der Waals surface area contributed by atoms with Crippen molar-refractivity contribution in [3.63, 3.8) is 0 Å². The number of rotatable bonds is 8. The molecule has 1 aliphatic rings. The maximum absolute atomic E-state index is 12.8. The lowest BCUT2D eigenvalue weighted by atomic mass is 9.89. The van der Waals surface area contributed by atoms with E-state index in [9.17, 15) is 9.59 Å². The third-order valence-corrected chi connectivity index (χ3v) is 4.98. The van der Waals surface area contributed by atoms with Crippen molar-refractivity contribution in [2.45, 2.75) is 45.6 Å². The minimum Gasteiger partial charge on any atom is -0.484 e. The Kier molecular flexibility index (Phi) is 7.66. The number of likely N-dealkylation sites (tertiary alicyclic amines) is 1. The van der Waals surface area contributed by atoms with Crippen LogP contribution in [-0.4, -0.2) is 48.5 Å². The Balaban J connectivity index is 1.88. The highest BCUT2D eigenvalue weighted by Gasteiger charge is 2.33. The SMILES string of the molecule is CC(C)CC(C)(CN)NC(=O)C1CCCN(C(=O)COc2ccccc2)C1. The fraction of sp³-hybridized carbons (Fsp3) is 0.619. The van der Waals surface area contributed by atoms with Crippen LogP contribution in [0.1, 0.15) is 40.0 Å². The van der Waals surface area contributed by atoms with Crippen molar-refractivity contribution >= 4 is 11.8 Å². The van der Waals surface area contributed by atoms with Crippen LogP contribution in [0.25, 0.3) is 0 Å². The van der Waals surface area contributed by atoms with E-state index in [1.54, 1.807) is 4.90 Å². The van der Waals surface area contributed by atoms with E-state index in [4.69, 9.17) is 10.5 Å². The number of carbonyl (C=O) groups is 2. The first-order chi connectivity index (χ1) is 12.8. The second-order valence-electron chi connectivity index (χ2n) is 8.13. The first-order valence-corrected chi connectivity index (χ1v) is 9.80. The number of hydrogen-bond acceptors (Lipinski definition) is 4. The summed E-state index contributed by atoms with van der Waals surface area (Å²) in [6, 6.07) is 9.28. The van der Waals surface area contributed by atoms with Crippen LogP contribution in [0.5, 0.6) is 5.75 Å². The van der Waals surface area contributed by atoms with Crippen LogP contribution in [0.3, 0.4) is 0 Å². The number of ether oxygens (including phenoxy) is 1. The van der Waals surface area contributed by atoms with Crippen LogP contribution in [0.4, 0.5) is 0 Å². The zero-order valence-corrected chi connectivity index (χ0v) is 16.7. The van der Waals surface area contributed by atoms with Crippen LogP contribution in [-0.2, 0) is 9.59 Å². The average Bonchev–Trinajstić information content (AvgIpc) is 2.66. The molecule has 0 saturated carbocycles. The van der Waals surface area contributed by atoms with Gasteiger partial charge in [-0.3, -0.25) is 9.59 Å². The van der Waals surface area contributed by atoms with Gasteiger partial charge in [0.25, 0.3) is 5.91 Å². The molecule has 1 saturated heterocycles. The Morgan fingerprint density at radius 2 is 2.04 bits per heavy atom. The molecular weight excluding hydrogens is 342 g/mol. The Labute approximate surface area is 162 Å². The first-order valence-electron chi connectivity index (χ1n) is 9.80. The second-order valence-corrected chi connectivity index (χ2v) is 8.13. The minimum atomic E-state index is -0.409. The van der Waals surface area contributed by atoms with Gasteiger partial charge >= 0.3 is 0 Å². The van der Waals surface area contributed by atoms with E-state index in [0.29, 0.717) is 31.3 Å². The van der Waals surface area contributed by atoms with Gasteiger partial charge < -0.3 is 20.7 Å². The van der Waals surface area contributed by atoms with Gasteiger partial charge in [0.1, 0.15) is 5.75 Å². The smallest absolute Gasteiger partial charge is 0.260 e. The monoisotopic (exact) mass is 375 g/mol. The molecule has 0 spiro atoms. The highest BCUT2D eigenvalue weighted by atomic mass is 16.5. The summed E-state index contributed by atoms with van der Waals surface area (Å²) in [4.78, 5) is 27.0. The fourth-order valence-electron chi connectivity index (χ4n) is 3.66. The zero-order chi connectivity index (χ0) is 19.9. The van der Waals surface area contributed by atoms with E-state index in [-0.39, 0.29) is 24.3 Å². The molecule has 0 bridgehead atoms. The normalized spacial score (nSPS) is 19.4. The summed E-state index contributed by atoms with van der Waals surface area (Å²) in [5.74, 6) is 0.825. The first kappa shape index (κ1) is 21.2. The topological polar surface area (TPSA) is 84.7 Å². The van der Waals surface area contributed by atoms with Gasteiger partial charge in [-0.15, -0.1) is 0 Å². The van der Waals surface area contributed by atoms with E-state index in [1.807, 2.05) is 37.3 Å². The Hall–Kier alpha value is -2.08. The maximum Gasteiger partial charge on any atom is 0.260 e. The molecule has 1 aromatic rings. The minimum absolute atomic E-state index is 0.00772. The van der Waals surface area contributed by atoms with Gasteiger partial charge in [-0.1, -0.05) is 32.0 Å². The van der Waals surface area contributed by atoms with Crippen molar-refractivity contribution in [3.05, 3.63) is 30.3 Å². The predicted octanol–water partition coefficient (Wildman–Crippen LogP) is 2.18. The van der Waals surface area contributed by atoms with Gasteiger partial charge in [-0.25, -0.2) is 0 Å². The van der Waals surface area contributed by atoms with Gasteiger partial charge in [-0.2, -0.15) is 0 Å². The molecule has 2 amide bonds. The van der Waals surface area contributed by atoms with Crippen LogP contribution in [0.2, 0.25) is 0 Å². The van der Waals surface area contributed by atoms with Gasteiger partial charge in [0.2, 0.25) is 5.91 Å². The van der Waals surface area contributed by atoms with Crippen molar-refractivity contribution in [2.75, 3.05) is 26.2 Å². The molecule has 2 unspecified atom stereocenters. The van der Waals surface area contributed by atoms with E-state index in [1.165, 1.54) is 0 Å². The van der Waals surface area contributed by atoms with Crippen molar-refractivity contribution in [1.29, 1.82) is 0 Å². The lowest BCUT2D eigenvalue weighted by Gasteiger charge is -2.36. The molecule has 150 valence electrons. The number of para-hydroxylation sites is 1. The summed E-state index contributed by atoms with van der Waals surface area (Å²) in [7, 11) is 0. The number of amides is 2. The van der Waals surface area contributed by atoms with Crippen LogP contribution < -0.4 is 15.8 Å². The molecule has 27 heavy (non-hydrogen) atoms. The number of nitrogens with zero attached hydrogens (tertiary/aromatic N) is 1. The molecule has 3 N–H and O–H groups in total. The van der Waals surface area contributed by atoms with Gasteiger partial charge in [0.15, 0.2) is 6.61 Å². The molecule has 0 aliphatic carbocycles. The molecule has 1 aromatic carbocycles. The summed E-state index contributed by atoms with van der Waals surface area (Å²) in [6.45, 7) is 7.72. The third-order valence-electron chi connectivity index (χ3n) is 4.98. The molecule has 1 aliphatic heterocycles. The van der Waals surface area contributed by atoms with Gasteiger partial charge in [-0.05, 0) is 44.2 Å². The summed E-state index contributed by atoms with van der Waals surface area (Å²) in [6.07, 6.45) is 2.44. The number of nitrogens with two attached hydrogens (primary N) is 1. The Morgan fingerprint density at radius 3 is 2.67 bits per heavy atom. The van der Waals surface area contributed by atoms with E-state index in [0.717, 1.165) is 19.3 Å².